The van der Waals surface area contributed by atoms with Crippen LogP contribution in [0, 0.1) is 5.41 Å². The fourth-order valence-corrected chi connectivity index (χ4v) is 4.93. The lowest BCUT2D eigenvalue weighted by Crippen LogP contribution is -2.50. The Morgan fingerprint density at radius 3 is 2.81 bits per heavy atom. The number of carbonyl (C=O) groups excluding carboxylic acids is 1. The summed E-state index contributed by atoms with van der Waals surface area (Å²) in [6.07, 6.45) is 5.87. The van der Waals surface area contributed by atoms with Gasteiger partial charge in [0.25, 0.3) is 0 Å². The van der Waals surface area contributed by atoms with Gasteiger partial charge in [0.05, 0.1) is 6.10 Å². The van der Waals surface area contributed by atoms with Crippen molar-refractivity contribution in [3.8, 4) is 0 Å². The third-order valence-electron chi connectivity index (χ3n) is 6.39. The maximum Gasteiger partial charge on any atom is 0.317 e. The van der Waals surface area contributed by atoms with E-state index in [0.29, 0.717) is 6.10 Å². The molecule has 26 heavy (non-hydrogen) atoms. The number of nitrogens with one attached hydrogen (secondary N) is 1. The molecule has 3 aliphatic rings. The first-order valence-corrected chi connectivity index (χ1v) is 10.2. The lowest BCUT2D eigenvalue weighted by Gasteiger charge is -2.44. The molecule has 3 heterocycles. The van der Waals surface area contributed by atoms with Crippen molar-refractivity contribution in [3.05, 3.63) is 35.9 Å². The average molecular weight is 357 g/mol. The molecule has 3 saturated heterocycles. The predicted octanol–water partition coefficient (Wildman–Crippen LogP) is 2.86. The minimum atomic E-state index is 0.117. The summed E-state index contributed by atoms with van der Waals surface area (Å²) in [6, 6.07) is 10.8. The molecule has 142 valence electrons. The number of benzene rings is 1. The Bertz CT molecular complexity index is 603. The number of urea groups is 1. The fourth-order valence-electron chi connectivity index (χ4n) is 4.93. The van der Waals surface area contributed by atoms with Crippen LogP contribution in [0.4, 0.5) is 4.79 Å². The molecule has 0 saturated carbocycles. The third kappa shape index (κ3) is 3.89. The number of ether oxygens (including phenoxy) is 1. The van der Waals surface area contributed by atoms with E-state index in [4.69, 9.17) is 4.74 Å². The molecule has 0 bridgehead atoms. The Kier molecular flexibility index (Phi) is 5.46. The number of amides is 2. The highest BCUT2D eigenvalue weighted by atomic mass is 16.5. The Hall–Kier alpha value is -1.59. The van der Waals surface area contributed by atoms with Gasteiger partial charge in [0.2, 0.25) is 0 Å². The number of fused-ring (bicyclic) bond motifs is 1. The standard InChI is InChI=1S/C21H31N3O2/c25-20(24-12-4-5-13-24)22-11-9-21-10-15-26-19(21)8-14-23(17-21)16-18-6-2-1-3-7-18/h1-3,6-7,19H,4-5,8-17H2,(H,22,25)/t19-,21+/m1/s1. The highest BCUT2D eigenvalue weighted by molar-refractivity contribution is 5.74. The van der Waals surface area contributed by atoms with E-state index < -0.39 is 0 Å². The van der Waals surface area contributed by atoms with Crippen LogP contribution in [0.15, 0.2) is 30.3 Å². The molecule has 5 nitrogen and oxygen atoms in total. The molecular weight excluding hydrogens is 326 g/mol. The molecule has 1 N–H and O–H groups in total. The maximum absolute atomic E-state index is 12.3. The molecule has 2 amide bonds. The van der Waals surface area contributed by atoms with Crippen molar-refractivity contribution in [1.82, 2.24) is 15.1 Å². The van der Waals surface area contributed by atoms with Crippen LogP contribution in [0.2, 0.25) is 0 Å². The minimum absolute atomic E-state index is 0.117. The SMILES string of the molecule is O=C(NCC[C@@]12CCO[C@@H]1CCN(Cc1ccccc1)C2)N1CCCC1. The topological polar surface area (TPSA) is 44.8 Å². The number of piperidine rings is 1. The second-order valence-electron chi connectivity index (χ2n) is 8.13. The number of hydrogen-bond donors (Lipinski definition) is 1. The van der Waals surface area contributed by atoms with Crippen LogP contribution >= 0.6 is 0 Å². The fraction of sp³-hybridized carbons (Fsp3) is 0.667. The van der Waals surface area contributed by atoms with Gasteiger partial charge in [0.15, 0.2) is 0 Å². The molecule has 1 aromatic rings. The molecule has 2 atom stereocenters. The highest BCUT2D eigenvalue weighted by Gasteiger charge is 2.47. The van der Waals surface area contributed by atoms with Gasteiger partial charge in [-0.3, -0.25) is 4.90 Å². The lowest BCUT2D eigenvalue weighted by atomic mass is 9.74. The molecule has 0 aromatic heterocycles. The van der Waals surface area contributed by atoms with Crippen LogP contribution in [0.1, 0.15) is 37.7 Å². The monoisotopic (exact) mass is 357 g/mol. The van der Waals surface area contributed by atoms with E-state index in [-0.39, 0.29) is 11.4 Å². The largest absolute Gasteiger partial charge is 0.378 e. The van der Waals surface area contributed by atoms with E-state index in [0.717, 1.165) is 78.0 Å². The van der Waals surface area contributed by atoms with Gasteiger partial charge in [-0.15, -0.1) is 0 Å². The zero-order valence-electron chi connectivity index (χ0n) is 15.7. The Morgan fingerprint density at radius 2 is 2.00 bits per heavy atom. The zero-order valence-corrected chi connectivity index (χ0v) is 15.7. The number of rotatable bonds is 5. The Morgan fingerprint density at radius 1 is 1.19 bits per heavy atom. The number of nitrogens with zero attached hydrogens (tertiary/aromatic N) is 2. The predicted molar refractivity (Wildman–Crippen MR) is 102 cm³/mol. The summed E-state index contributed by atoms with van der Waals surface area (Å²) in [5.41, 5.74) is 1.58. The molecule has 4 rings (SSSR count). The number of likely N-dealkylation sites (tertiary alicyclic amines) is 2. The second kappa shape index (κ2) is 7.97. The van der Waals surface area contributed by atoms with Crippen LogP contribution in [-0.4, -0.2) is 61.3 Å². The minimum Gasteiger partial charge on any atom is -0.378 e. The van der Waals surface area contributed by atoms with Crippen LogP contribution < -0.4 is 5.32 Å². The van der Waals surface area contributed by atoms with Gasteiger partial charge in [0.1, 0.15) is 0 Å². The van der Waals surface area contributed by atoms with Crippen molar-refractivity contribution in [2.45, 2.75) is 44.8 Å². The van der Waals surface area contributed by atoms with E-state index in [2.05, 4.69) is 40.5 Å². The van der Waals surface area contributed by atoms with Crippen molar-refractivity contribution in [2.75, 3.05) is 39.3 Å². The first kappa shape index (κ1) is 17.8. The van der Waals surface area contributed by atoms with Crippen LogP contribution in [-0.2, 0) is 11.3 Å². The van der Waals surface area contributed by atoms with E-state index in [1.165, 1.54) is 5.56 Å². The first-order chi connectivity index (χ1) is 12.8. The van der Waals surface area contributed by atoms with Crippen LogP contribution in [0.5, 0.6) is 0 Å². The van der Waals surface area contributed by atoms with Crippen LogP contribution in [0.25, 0.3) is 0 Å². The summed E-state index contributed by atoms with van der Waals surface area (Å²) in [7, 11) is 0. The van der Waals surface area contributed by atoms with E-state index in [1.54, 1.807) is 0 Å². The Labute approximate surface area is 156 Å². The van der Waals surface area contributed by atoms with E-state index >= 15 is 0 Å². The summed E-state index contributed by atoms with van der Waals surface area (Å²) in [6.45, 7) is 6.63. The van der Waals surface area contributed by atoms with Gasteiger partial charge in [-0.05, 0) is 37.7 Å². The quantitative estimate of drug-likeness (QED) is 0.881. The number of carbonyl (C=O) groups is 1. The highest BCUT2D eigenvalue weighted by Crippen LogP contribution is 2.43. The second-order valence-corrected chi connectivity index (χ2v) is 8.13. The molecule has 3 aliphatic heterocycles. The van der Waals surface area contributed by atoms with Gasteiger partial charge in [-0.1, -0.05) is 30.3 Å². The molecule has 0 radical (unpaired) electrons. The van der Waals surface area contributed by atoms with Crippen molar-refractivity contribution >= 4 is 6.03 Å². The Balaban J connectivity index is 1.33. The van der Waals surface area contributed by atoms with Gasteiger partial charge in [-0.2, -0.15) is 0 Å². The maximum atomic E-state index is 12.3. The summed E-state index contributed by atoms with van der Waals surface area (Å²) < 4.78 is 6.07. The summed E-state index contributed by atoms with van der Waals surface area (Å²) >= 11 is 0. The van der Waals surface area contributed by atoms with Crippen molar-refractivity contribution in [1.29, 1.82) is 0 Å². The average Bonchev–Trinajstić information content (AvgIpc) is 3.32. The summed E-state index contributed by atoms with van der Waals surface area (Å²) in [5, 5.41) is 3.16. The van der Waals surface area contributed by atoms with Crippen molar-refractivity contribution in [2.24, 2.45) is 5.41 Å². The van der Waals surface area contributed by atoms with Gasteiger partial charge in [0, 0.05) is 51.3 Å². The van der Waals surface area contributed by atoms with Gasteiger partial charge in [-0.25, -0.2) is 4.79 Å². The molecule has 0 spiro atoms. The third-order valence-corrected chi connectivity index (χ3v) is 6.39. The molecular formula is C21H31N3O2. The van der Waals surface area contributed by atoms with E-state index in [1.807, 2.05) is 4.90 Å². The van der Waals surface area contributed by atoms with Crippen molar-refractivity contribution < 1.29 is 9.53 Å². The molecule has 0 unspecified atom stereocenters. The molecule has 3 fully saturated rings. The summed E-state index contributed by atoms with van der Waals surface area (Å²) in [5.74, 6) is 0. The lowest BCUT2D eigenvalue weighted by molar-refractivity contribution is -0.0239. The van der Waals surface area contributed by atoms with Crippen molar-refractivity contribution in [3.63, 3.8) is 0 Å². The van der Waals surface area contributed by atoms with Crippen LogP contribution in [0.3, 0.4) is 0 Å². The smallest absolute Gasteiger partial charge is 0.317 e. The van der Waals surface area contributed by atoms with Gasteiger partial charge >= 0.3 is 6.03 Å². The zero-order chi connectivity index (χ0) is 17.8. The normalized spacial score (nSPS) is 28.9. The first-order valence-electron chi connectivity index (χ1n) is 10.2. The summed E-state index contributed by atoms with van der Waals surface area (Å²) in [4.78, 5) is 16.8. The molecule has 0 aliphatic carbocycles. The molecule has 5 heteroatoms. The number of hydrogen-bond acceptors (Lipinski definition) is 3. The van der Waals surface area contributed by atoms with Gasteiger partial charge < -0.3 is 15.0 Å². The molecule has 1 aromatic carbocycles. The van der Waals surface area contributed by atoms with E-state index in [9.17, 15) is 4.79 Å².